The van der Waals surface area contributed by atoms with Gasteiger partial charge in [0.15, 0.2) is 0 Å². The molecule has 152 valence electrons. The molecule has 25 heavy (non-hydrogen) atoms. The van der Waals surface area contributed by atoms with Gasteiger partial charge in [0.1, 0.15) is 0 Å². The lowest BCUT2D eigenvalue weighted by molar-refractivity contribution is 0.282. The highest BCUT2D eigenvalue weighted by Gasteiger charge is 2.33. The first-order valence-electron chi connectivity index (χ1n) is 6.71. The lowest BCUT2D eigenvalue weighted by atomic mass is 10.2. The fourth-order valence-electron chi connectivity index (χ4n) is 1.22. The van der Waals surface area contributed by atoms with Crippen LogP contribution >= 0.6 is 0 Å². The molecule has 0 aliphatic carbocycles. The van der Waals surface area contributed by atoms with Gasteiger partial charge in [-0.2, -0.15) is 33.7 Å². The Morgan fingerprint density at radius 1 is 0.640 bits per heavy atom. The fourth-order valence-corrected chi connectivity index (χ4v) is 5.02. The maximum atomic E-state index is 11.4. The molecular weight excluding hydrogens is 428 g/mol. The second-order valence-corrected chi connectivity index (χ2v) is 12.8. The van der Waals surface area contributed by atoms with Crippen LogP contribution in [0.5, 0.6) is 0 Å². The highest BCUT2D eigenvalue weighted by molar-refractivity contribution is 8.04. The highest BCUT2D eigenvalue weighted by atomic mass is 32.3. The van der Waals surface area contributed by atoms with Crippen molar-refractivity contribution < 1.29 is 51.1 Å². The molecule has 0 aromatic carbocycles. The van der Waals surface area contributed by atoms with Gasteiger partial charge in [0.05, 0.1) is 13.2 Å². The van der Waals surface area contributed by atoms with Crippen molar-refractivity contribution in [3.05, 3.63) is 0 Å². The van der Waals surface area contributed by atoms with Crippen LogP contribution in [-0.4, -0.2) is 65.2 Å². The van der Waals surface area contributed by atoms with Gasteiger partial charge in [-0.3, -0.25) is 17.5 Å². The van der Waals surface area contributed by atoms with Crippen LogP contribution in [0, 0.1) is 0 Å². The summed E-state index contributed by atoms with van der Waals surface area (Å²) < 4.78 is 110. The van der Waals surface area contributed by atoms with Crippen LogP contribution in [0.3, 0.4) is 0 Å². The van der Waals surface area contributed by atoms with E-state index < -0.39 is 62.9 Å². The van der Waals surface area contributed by atoms with Crippen molar-refractivity contribution in [3.8, 4) is 0 Å². The summed E-state index contributed by atoms with van der Waals surface area (Å²) in [5, 5.41) is 0. The van der Waals surface area contributed by atoms with E-state index in [4.69, 9.17) is 9.11 Å². The lowest BCUT2D eigenvalue weighted by Crippen LogP contribution is -2.29. The fraction of sp³-hybridized carbons (Fsp3) is 1.00. The van der Waals surface area contributed by atoms with Crippen molar-refractivity contribution in [2.24, 2.45) is 0 Å². The van der Waals surface area contributed by atoms with Gasteiger partial charge in [-0.15, -0.1) is 0 Å². The Balaban J connectivity index is 4.22. The number of unbranched alkanes of at least 4 members (excludes halogenated alkanes) is 2. The van der Waals surface area contributed by atoms with Gasteiger partial charge in [0.2, 0.25) is 9.16 Å². The van der Waals surface area contributed by atoms with Crippen molar-refractivity contribution >= 4 is 40.5 Å². The molecule has 2 N–H and O–H groups in total. The molecular formula is C9H20O12S4. The Morgan fingerprint density at radius 2 is 0.920 bits per heavy atom. The lowest BCUT2D eigenvalue weighted by Gasteiger charge is -2.11. The average molecular weight is 449 g/mol. The Labute approximate surface area is 147 Å². The van der Waals surface area contributed by atoms with Gasteiger partial charge in [-0.1, -0.05) is 0 Å². The summed E-state index contributed by atoms with van der Waals surface area (Å²) in [4.78, 5) is 0. The molecule has 0 saturated heterocycles. The van der Waals surface area contributed by atoms with Crippen molar-refractivity contribution in [2.75, 3.05) is 13.2 Å². The van der Waals surface area contributed by atoms with Gasteiger partial charge in [0.25, 0.3) is 40.5 Å². The van der Waals surface area contributed by atoms with Crippen LogP contribution in [0.15, 0.2) is 0 Å². The van der Waals surface area contributed by atoms with E-state index in [1.54, 1.807) is 0 Å². The SMILES string of the molecule is CC(S(=O)(=O)O)S(=O)(=O)OCCCCCOS(=O)(=O)C(C)S(=O)(=O)O. The van der Waals surface area contributed by atoms with E-state index in [0.717, 1.165) is 13.8 Å². The highest BCUT2D eigenvalue weighted by Crippen LogP contribution is 2.12. The van der Waals surface area contributed by atoms with E-state index in [-0.39, 0.29) is 19.3 Å². The molecule has 2 atom stereocenters. The Bertz CT molecular complexity index is 764. The van der Waals surface area contributed by atoms with E-state index in [9.17, 15) is 33.7 Å². The topological polar surface area (TPSA) is 195 Å². The van der Waals surface area contributed by atoms with Crippen molar-refractivity contribution in [1.82, 2.24) is 0 Å². The molecule has 0 aliphatic heterocycles. The molecule has 2 unspecified atom stereocenters. The molecule has 0 aliphatic rings. The van der Waals surface area contributed by atoms with Gasteiger partial charge >= 0.3 is 0 Å². The number of rotatable bonds is 12. The molecule has 0 aromatic rings. The van der Waals surface area contributed by atoms with Gasteiger partial charge in [0, 0.05) is 0 Å². The first kappa shape index (κ1) is 24.6. The summed E-state index contributed by atoms with van der Waals surface area (Å²) in [6.07, 6.45) is 0.398. The van der Waals surface area contributed by atoms with Crippen LogP contribution in [0.2, 0.25) is 0 Å². The number of hydrogen-bond donors (Lipinski definition) is 2. The minimum atomic E-state index is -4.82. The molecule has 0 heterocycles. The van der Waals surface area contributed by atoms with E-state index in [1.807, 2.05) is 0 Å². The van der Waals surface area contributed by atoms with Crippen molar-refractivity contribution in [3.63, 3.8) is 0 Å². The zero-order valence-electron chi connectivity index (χ0n) is 13.3. The predicted octanol–water partition coefficient (Wildman–Crippen LogP) is -0.683. The summed E-state index contributed by atoms with van der Waals surface area (Å²) in [5.41, 5.74) is 0. The summed E-state index contributed by atoms with van der Waals surface area (Å²) >= 11 is 0. The minimum absolute atomic E-state index is 0.0920. The second-order valence-electron chi connectivity index (χ2n) is 4.86. The largest absolute Gasteiger partial charge is 0.287 e. The zero-order valence-corrected chi connectivity index (χ0v) is 16.6. The molecule has 12 nitrogen and oxygen atoms in total. The zero-order chi connectivity index (χ0) is 20.1. The van der Waals surface area contributed by atoms with Crippen LogP contribution in [0.4, 0.5) is 0 Å². The molecule has 0 fully saturated rings. The van der Waals surface area contributed by atoms with E-state index in [0.29, 0.717) is 0 Å². The predicted molar refractivity (Wildman–Crippen MR) is 85.6 cm³/mol. The molecule has 0 aromatic heterocycles. The van der Waals surface area contributed by atoms with E-state index in [2.05, 4.69) is 8.37 Å². The van der Waals surface area contributed by atoms with Crippen molar-refractivity contribution in [1.29, 1.82) is 0 Å². The maximum Gasteiger partial charge on any atom is 0.287 e. The number of hydrogen-bond acceptors (Lipinski definition) is 10. The standard InChI is InChI=1S/C9H20O12S4/c1-8(22(10,11)12)24(16,17)20-6-4-3-5-7-21-25(18,19)9(2)23(13,14)15/h8-9H,3-7H2,1-2H3,(H,10,11,12)(H,13,14,15). The Hall–Kier alpha value is -0.360. The average Bonchev–Trinajstić information content (AvgIpc) is 2.42. The first-order chi connectivity index (χ1) is 11.0. The van der Waals surface area contributed by atoms with E-state index >= 15 is 0 Å². The maximum absolute atomic E-state index is 11.4. The molecule has 0 spiro atoms. The van der Waals surface area contributed by atoms with Crippen LogP contribution in [-0.2, 0) is 48.8 Å². The smallest absolute Gasteiger partial charge is 0.284 e. The second kappa shape index (κ2) is 9.03. The first-order valence-corrected chi connectivity index (χ1v) is 12.7. The monoisotopic (exact) mass is 448 g/mol. The minimum Gasteiger partial charge on any atom is -0.284 e. The third-order valence-corrected chi connectivity index (χ3v) is 10.1. The third kappa shape index (κ3) is 8.72. The Morgan fingerprint density at radius 3 is 1.16 bits per heavy atom. The normalized spacial score (nSPS) is 16.5. The molecule has 0 amide bonds. The van der Waals surface area contributed by atoms with Crippen molar-refractivity contribution in [2.45, 2.75) is 42.3 Å². The van der Waals surface area contributed by atoms with Crippen LogP contribution < -0.4 is 0 Å². The van der Waals surface area contributed by atoms with Gasteiger partial charge < -0.3 is 0 Å². The summed E-state index contributed by atoms with van der Waals surface area (Å²) in [5.74, 6) is 0. The molecule has 0 bridgehead atoms. The van der Waals surface area contributed by atoms with Crippen LogP contribution in [0.1, 0.15) is 33.1 Å². The summed E-state index contributed by atoms with van der Waals surface area (Å²) in [6.45, 7) is 0.659. The summed E-state index contributed by atoms with van der Waals surface area (Å²) in [6, 6.07) is 0. The van der Waals surface area contributed by atoms with Gasteiger partial charge in [-0.25, -0.2) is 0 Å². The molecule has 16 heteroatoms. The van der Waals surface area contributed by atoms with Crippen LogP contribution in [0.25, 0.3) is 0 Å². The van der Waals surface area contributed by atoms with Gasteiger partial charge in [-0.05, 0) is 33.1 Å². The molecule has 0 saturated carbocycles. The third-order valence-electron chi connectivity index (χ3n) is 2.94. The molecule has 0 radical (unpaired) electrons. The summed E-state index contributed by atoms with van der Waals surface area (Å²) in [7, 11) is -18.7. The quantitative estimate of drug-likeness (QED) is 0.217. The Kier molecular flexibility index (Phi) is 8.90. The molecule has 0 rings (SSSR count). The van der Waals surface area contributed by atoms with E-state index in [1.165, 1.54) is 0 Å².